The molecule has 0 radical (unpaired) electrons. The van der Waals surface area contributed by atoms with Gasteiger partial charge in [-0.1, -0.05) is 24.3 Å². The van der Waals surface area contributed by atoms with Gasteiger partial charge in [-0.15, -0.1) is 0 Å². The molecule has 0 aromatic heterocycles. The predicted octanol–water partition coefficient (Wildman–Crippen LogP) is 2.52. The average Bonchev–Trinajstić information content (AvgIpc) is 2.59. The molecule has 3 rings (SSSR count). The first kappa shape index (κ1) is 16.2. The van der Waals surface area contributed by atoms with Gasteiger partial charge in [0, 0.05) is 31.1 Å². The molecule has 2 amide bonds. The van der Waals surface area contributed by atoms with Gasteiger partial charge in [0.2, 0.25) is 5.91 Å². The zero-order valence-corrected chi connectivity index (χ0v) is 13.5. The fourth-order valence-corrected chi connectivity index (χ4v) is 2.76. The molecule has 1 aliphatic rings. The van der Waals surface area contributed by atoms with Crippen LogP contribution in [0.1, 0.15) is 28.4 Å². The molecule has 0 saturated carbocycles. The van der Waals surface area contributed by atoms with Gasteiger partial charge in [-0.2, -0.15) is 0 Å². The van der Waals surface area contributed by atoms with Crippen molar-refractivity contribution in [1.29, 1.82) is 0 Å². The molecule has 24 heavy (non-hydrogen) atoms. The maximum absolute atomic E-state index is 12.2. The molecule has 1 atom stereocenters. The minimum Gasteiger partial charge on any atom is -0.371 e. The summed E-state index contributed by atoms with van der Waals surface area (Å²) in [6.45, 7) is 2.51. The number of hydrogen-bond acceptors (Lipinski definition) is 3. The molecule has 0 aliphatic carbocycles. The highest BCUT2D eigenvalue weighted by Crippen LogP contribution is 2.20. The third-order valence-corrected chi connectivity index (χ3v) is 4.00. The number of hydrogen-bond donors (Lipinski definition) is 2. The summed E-state index contributed by atoms with van der Waals surface area (Å²) in [6, 6.07) is 15.0. The molecule has 5 nitrogen and oxygen atoms in total. The van der Waals surface area contributed by atoms with Crippen LogP contribution in [0.25, 0.3) is 0 Å². The minimum atomic E-state index is -0.146. The summed E-state index contributed by atoms with van der Waals surface area (Å²) < 4.78 is 5.79. The molecule has 1 unspecified atom stereocenters. The second-order valence-electron chi connectivity index (χ2n) is 5.87. The van der Waals surface area contributed by atoms with Gasteiger partial charge in [-0.05, 0) is 35.4 Å². The van der Waals surface area contributed by atoms with Crippen LogP contribution in [-0.4, -0.2) is 24.5 Å². The molecule has 5 heteroatoms. The second-order valence-corrected chi connectivity index (χ2v) is 5.87. The van der Waals surface area contributed by atoms with Crippen LogP contribution in [0.3, 0.4) is 0 Å². The number of benzene rings is 2. The van der Waals surface area contributed by atoms with Crippen molar-refractivity contribution < 1.29 is 14.3 Å². The highest BCUT2D eigenvalue weighted by atomic mass is 16.5. The first-order valence-electron chi connectivity index (χ1n) is 7.96. The monoisotopic (exact) mass is 324 g/mol. The summed E-state index contributed by atoms with van der Waals surface area (Å²) in [4.78, 5) is 23.2. The number of ether oxygens (including phenoxy) is 1. The van der Waals surface area contributed by atoms with Crippen LogP contribution in [0.15, 0.2) is 48.5 Å². The van der Waals surface area contributed by atoms with Crippen LogP contribution in [0.5, 0.6) is 0 Å². The molecule has 1 heterocycles. The van der Waals surface area contributed by atoms with Crippen molar-refractivity contribution in [2.24, 2.45) is 0 Å². The van der Waals surface area contributed by atoms with Crippen molar-refractivity contribution in [2.75, 3.05) is 11.9 Å². The summed E-state index contributed by atoms with van der Waals surface area (Å²) >= 11 is 0. The normalized spacial score (nSPS) is 16.1. The van der Waals surface area contributed by atoms with E-state index in [0.717, 1.165) is 6.42 Å². The quantitative estimate of drug-likeness (QED) is 0.908. The van der Waals surface area contributed by atoms with Gasteiger partial charge in [0.05, 0.1) is 12.7 Å². The third-order valence-electron chi connectivity index (χ3n) is 4.00. The Labute approximate surface area is 141 Å². The van der Waals surface area contributed by atoms with Gasteiger partial charge >= 0.3 is 0 Å². The Morgan fingerprint density at radius 2 is 1.79 bits per heavy atom. The van der Waals surface area contributed by atoms with Crippen molar-refractivity contribution in [1.82, 2.24) is 5.32 Å². The Bertz CT molecular complexity index is 741. The zero-order valence-electron chi connectivity index (χ0n) is 13.5. The molecule has 0 saturated heterocycles. The molecule has 0 spiro atoms. The van der Waals surface area contributed by atoms with Crippen LogP contribution < -0.4 is 10.6 Å². The van der Waals surface area contributed by atoms with Crippen LogP contribution >= 0.6 is 0 Å². The Morgan fingerprint density at radius 1 is 1.08 bits per heavy atom. The van der Waals surface area contributed by atoms with E-state index in [2.05, 4.69) is 22.8 Å². The maximum atomic E-state index is 12.2. The van der Waals surface area contributed by atoms with Gasteiger partial charge < -0.3 is 15.4 Å². The van der Waals surface area contributed by atoms with E-state index in [-0.39, 0.29) is 17.9 Å². The summed E-state index contributed by atoms with van der Waals surface area (Å²) in [6.07, 6.45) is 0.792. The van der Waals surface area contributed by atoms with Crippen molar-refractivity contribution in [3.63, 3.8) is 0 Å². The topological polar surface area (TPSA) is 67.4 Å². The maximum Gasteiger partial charge on any atom is 0.251 e. The van der Waals surface area contributed by atoms with Crippen molar-refractivity contribution >= 4 is 17.5 Å². The summed E-state index contributed by atoms with van der Waals surface area (Å²) in [5.74, 6) is -0.284. The number of rotatable bonds is 4. The summed E-state index contributed by atoms with van der Waals surface area (Å²) in [7, 11) is 0. The van der Waals surface area contributed by atoms with Crippen LogP contribution in [0.4, 0.5) is 5.69 Å². The lowest BCUT2D eigenvalue weighted by atomic mass is 9.99. The summed E-state index contributed by atoms with van der Waals surface area (Å²) in [5.41, 5.74) is 3.72. The smallest absolute Gasteiger partial charge is 0.251 e. The molecular weight excluding hydrogens is 304 g/mol. The fraction of sp³-hybridized carbons (Fsp3) is 0.263. The van der Waals surface area contributed by atoms with Gasteiger partial charge in [-0.25, -0.2) is 0 Å². The lowest BCUT2D eigenvalue weighted by Crippen LogP contribution is -2.36. The first-order valence-corrected chi connectivity index (χ1v) is 7.96. The second kappa shape index (κ2) is 7.27. The molecule has 2 aromatic carbocycles. The zero-order chi connectivity index (χ0) is 16.9. The third kappa shape index (κ3) is 4.00. The lowest BCUT2D eigenvalue weighted by molar-refractivity contribution is -0.114. The Hall–Kier alpha value is -2.66. The number of amides is 2. The minimum absolute atomic E-state index is 0.0116. The molecule has 2 aromatic rings. The van der Waals surface area contributed by atoms with E-state index in [0.29, 0.717) is 24.4 Å². The molecule has 1 aliphatic heterocycles. The molecule has 0 fully saturated rings. The Balaban J connectivity index is 1.53. The van der Waals surface area contributed by atoms with Crippen molar-refractivity contribution in [3.05, 3.63) is 65.2 Å². The van der Waals surface area contributed by atoms with Crippen LogP contribution in [0, 0.1) is 0 Å². The van der Waals surface area contributed by atoms with Gasteiger partial charge in [0.15, 0.2) is 0 Å². The van der Waals surface area contributed by atoms with E-state index in [1.807, 2.05) is 12.1 Å². The standard InChI is InChI=1S/C19H20N2O3/c1-13(22)21-17-8-6-14(7-9-17)19(23)20-11-18-10-15-4-2-3-5-16(15)12-24-18/h2-9,18H,10-12H2,1H3,(H,20,23)(H,21,22). The highest BCUT2D eigenvalue weighted by Gasteiger charge is 2.19. The molecule has 124 valence electrons. The fourth-order valence-electron chi connectivity index (χ4n) is 2.76. The predicted molar refractivity (Wildman–Crippen MR) is 91.8 cm³/mol. The summed E-state index contributed by atoms with van der Waals surface area (Å²) in [5, 5.41) is 5.58. The number of carbonyl (C=O) groups is 2. The number of carbonyl (C=O) groups excluding carboxylic acids is 2. The van der Waals surface area contributed by atoms with Crippen molar-refractivity contribution in [3.8, 4) is 0 Å². The molecule has 2 N–H and O–H groups in total. The highest BCUT2D eigenvalue weighted by molar-refractivity contribution is 5.95. The Morgan fingerprint density at radius 3 is 2.50 bits per heavy atom. The van der Waals surface area contributed by atoms with E-state index in [1.165, 1.54) is 18.1 Å². The first-order chi connectivity index (χ1) is 11.6. The van der Waals surface area contributed by atoms with Gasteiger partial charge in [0.1, 0.15) is 0 Å². The van der Waals surface area contributed by atoms with Gasteiger partial charge in [0.25, 0.3) is 5.91 Å². The van der Waals surface area contributed by atoms with E-state index < -0.39 is 0 Å². The molecule has 0 bridgehead atoms. The average molecular weight is 324 g/mol. The number of nitrogens with one attached hydrogen (secondary N) is 2. The van der Waals surface area contributed by atoms with E-state index in [9.17, 15) is 9.59 Å². The number of fused-ring (bicyclic) bond motifs is 1. The molecular formula is C19H20N2O3. The van der Waals surface area contributed by atoms with Crippen molar-refractivity contribution in [2.45, 2.75) is 26.1 Å². The Kier molecular flexibility index (Phi) is 4.91. The van der Waals surface area contributed by atoms with E-state index >= 15 is 0 Å². The number of anilines is 1. The van der Waals surface area contributed by atoms with E-state index in [1.54, 1.807) is 24.3 Å². The lowest BCUT2D eigenvalue weighted by Gasteiger charge is -2.25. The van der Waals surface area contributed by atoms with Gasteiger partial charge in [-0.3, -0.25) is 9.59 Å². The van der Waals surface area contributed by atoms with Crippen LogP contribution in [0.2, 0.25) is 0 Å². The van der Waals surface area contributed by atoms with E-state index in [4.69, 9.17) is 4.74 Å². The SMILES string of the molecule is CC(=O)Nc1ccc(C(=O)NCC2Cc3ccccc3CO2)cc1. The van der Waals surface area contributed by atoms with Crippen LogP contribution in [-0.2, 0) is 22.6 Å². The largest absolute Gasteiger partial charge is 0.371 e.